The Kier molecular flexibility index (Phi) is 12.0. The normalized spacial score (nSPS) is 13.3. The van der Waals surface area contributed by atoms with Gasteiger partial charge in [0.15, 0.2) is 0 Å². The summed E-state index contributed by atoms with van der Waals surface area (Å²) >= 11 is 0. The van der Waals surface area contributed by atoms with E-state index in [0.29, 0.717) is 0 Å². The third-order valence-electron chi connectivity index (χ3n) is 17.9. The Bertz CT molecular complexity index is 4940. The van der Waals surface area contributed by atoms with Crippen molar-refractivity contribution < 1.29 is 0 Å². The van der Waals surface area contributed by atoms with Gasteiger partial charge in [0.05, 0.1) is 22.1 Å². The van der Waals surface area contributed by atoms with Gasteiger partial charge >= 0.3 is 0 Å². The first-order chi connectivity index (χ1) is 41.9. The summed E-state index contributed by atoms with van der Waals surface area (Å²) in [6.45, 7) is 4.73. The van der Waals surface area contributed by atoms with Crippen LogP contribution in [0.2, 0.25) is 0 Å². The molecular weight excluding hydrogens is 1030 g/mol. The maximum absolute atomic E-state index is 5.43. The predicted molar refractivity (Wildman–Crippen MR) is 357 cm³/mol. The van der Waals surface area contributed by atoms with Gasteiger partial charge in [-0.25, -0.2) is 4.98 Å². The molecule has 2 aromatic heterocycles. The number of allylic oxidation sites excluding steroid dienone is 4. The molecule has 0 saturated carbocycles. The van der Waals surface area contributed by atoms with Gasteiger partial charge in [0.1, 0.15) is 5.82 Å². The number of fused-ring (bicyclic) bond motifs is 7. The van der Waals surface area contributed by atoms with Crippen molar-refractivity contribution in [2.45, 2.75) is 32.1 Å². The number of aromatic nitrogens is 3. The zero-order chi connectivity index (χ0) is 56.6. The molecule has 0 unspecified atom stereocenters. The number of benzene rings is 12. The summed E-state index contributed by atoms with van der Waals surface area (Å²) < 4.78 is 4.80. The van der Waals surface area contributed by atoms with E-state index in [2.05, 4.69) is 320 Å². The van der Waals surface area contributed by atoms with Crippen molar-refractivity contribution in [3.8, 4) is 101 Å². The molecule has 0 aliphatic heterocycles. The summed E-state index contributed by atoms with van der Waals surface area (Å²) in [6, 6.07) is 103. The van der Waals surface area contributed by atoms with E-state index in [1.807, 2.05) is 0 Å². The first-order valence-electron chi connectivity index (χ1n) is 29.7. The largest absolute Gasteiger partial charge is 0.309 e. The Labute approximate surface area is 496 Å². The SMILES string of the molecule is CC1(C)c2ccccc2-c2cc3c4ccccc4n(-c4ccc(-c5nc6ccccc6n5-c5cccc(-c6cc(-c7cc(C8=CCCC=C8)cc(-c8ccccc8)c7)cc(-c7cc(-c8ccccc8)cc(-c8ccccc8)c7)c6)c5)cc4)c3cc21. The first kappa shape index (κ1) is 50.1. The second kappa shape index (κ2) is 20.4. The van der Waals surface area contributed by atoms with Crippen LogP contribution >= 0.6 is 0 Å². The van der Waals surface area contributed by atoms with Crippen LogP contribution in [0.5, 0.6) is 0 Å². The molecule has 0 radical (unpaired) electrons. The lowest BCUT2D eigenvalue weighted by Crippen LogP contribution is -2.14. The van der Waals surface area contributed by atoms with E-state index < -0.39 is 0 Å². The summed E-state index contributed by atoms with van der Waals surface area (Å²) in [5, 5.41) is 2.52. The Balaban J connectivity index is 0.850. The van der Waals surface area contributed by atoms with E-state index >= 15 is 0 Å². The van der Waals surface area contributed by atoms with E-state index in [1.165, 1.54) is 94.1 Å². The molecule has 0 bridgehead atoms. The molecule has 12 aromatic carbocycles. The number of hydrogen-bond acceptors (Lipinski definition) is 1. The van der Waals surface area contributed by atoms with Gasteiger partial charge in [0, 0.05) is 33.1 Å². The van der Waals surface area contributed by atoms with Gasteiger partial charge in [-0.3, -0.25) is 4.57 Å². The Hall–Kier alpha value is -10.6. The van der Waals surface area contributed by atoms with Gasteiger partial charge in [-0.05, 0) is 234 Å². The zero-order valence-electron chi connectivity index (χ0n) is 47.5. The van der Waals surface area contributed by atoms with Crippen molar-refractivity contribution in [1.29, 1.82) is 0 Å². The van der Waals surface area contributed by atoms with Crippen LogP contribution in [0.1, 0.15) is 43.4 Å². The van der Waals surface area contributed by atoms with Crippen molar-refractivity contribution in [1.82, 2.24) is 14.1 Å². The molecule has 2 heterocycles. The third kappa shape index (κ3) is 8.78. The molecule has 3 heteroatoms. The van der Waals surface area contributed by atoms with Gasteiger partial charge in [-0.1, -0.05) is 190 Å². The lowest BCUT2D eigenvalue weighted by molar-refractivity contribution is 0.661. The van der Waals surface area contributed by atoms with Crippen LogP contribution < -0.4 is 0 Å². The zero-order valence-corrected chi connectivity index (χ0v) is 47.5. The molecule has 0 N–H and O–H groups in total. The quantitative estimate of drug-likeness (QED) is 0.134. The Morgan fingerprint density at radius 3 is 1.45 bits per heavy atom. The highest BCUT2D eigenvalue weighted by atomic mass is 15.1. The molecule has 2 aliphatic carbocycles. The van der Waals surface area contributed by atoms with Gasteiger partial charge in [-0.15, -0.1) is 0 Å². The van der Waals surface area contributed by atoms with E-state index in [-0.39, 0.29) is 5.41 Å². The van der Waals surface area contributed by atoms with E-state index in [1.54, 1.807) is 0 Å². The van der Waals surface area contributed by atoms with Crippen LogP contribution in [0, 0.1) is 0 Å². The average Bonchev–Trinajstić information content (AvgIpc) is 1.80. The fourth-order valence-electron chi connectivity index (χ4n) is 13.6. The third-order valence-corrected chi connectivity index (χ3v) is 17.9. The van der Waals surface area contributed by atoms with Crippen LogP contribution in [0.3, 0.4) is 0 Å². The molecular formula is C82H59N3. The molecule has 0 spiro atoms. The van der Waals surface area contributed by atoms with Gasteiger partial charge in [0.2, 0.25) is 0 Å². The van der Waals surface area contributed by atoms with Gasteiger partial charge < -0.3 is 4.57 Å². The number of para-hydroxylation sites is 3. The lowest BCUT2D eigenvalue weighted by Gasteiger charge is -2.21. The molecule has 0 fully saturated rings. The highest BCUT2D eigenvalue weighted by Gasteiger charge is 2.36. The number of rotatable bonds is 10. The highest BCUT2D eigenvalue weighted by molar-refractivity contribution is 6.12. The highest BCUT2D eigenvalue weighted by Crippen LogP contribution is 2.51. The minimum absolute atomic E-state index is 0.114. The summed E-state index contributed by atoms with van der Waals surface area (Å²) in [6.07, 6.45) is 9.09. The van der Waals surface area contributed by atoms with Crippen molar-refractivity contribution in [3.63, 3.8) is 0 Å². The lowest BCUT2D eigenvalue weighted by atomic mass is 9.82. The predicted octanol–water partition coefficient (Wildman–Crippen LogP) is 21.8. The maximum atomic E-state index is 5.43. The summed E-state index contributed by atoms with van der Waals surface area (Å²) in [5.74, 6) is 0.890. The molecule has 3 nitrogen and oxygen atoms in total. The smallest absolute Gasteiger partial charge is 0.145 e. The molecule has 2 aliphatic rings. The van der Waals surface area contributed by atoms with Gasteiger partial charge in [0.25, 0.3) is 0 Å². The number of nitrogens with zero attached hydrogens (tertiary/aromatic N) is 3. The maximum Gasteiger partial charge on any atom is 0.145 e. The molecule has 402 valence electrons. The van der Waals surface area contributed by atoms with Crippen LogP contribution in [0.25, 0.3) is 139 Å². The van der Waals surface area contributed by atoms with E-state index in [0.717, 1.165) is 74.5 Å². The minimum atomic E-state index is -0.114. The van der Waals surface area contributed by atoms with E-state index in [4.69, 9.17) is 4.98 Å². The number of imidazole rings is 1. The van der Waals surface area contributed by atoms with Crippen LogP contribution in [-0.2, 0) is 5.41 Å². The van der Waals surface area contributed by atoms with Gasteiger partial charge in [-0.2, -0.15) is 0 Å². The standard InChI is InChI=1S/C82H59N3/c1-82(2)75-34-17-15-32-71(75)73-52-74-72-33-16-19-36-78(72)84(80(74)53-76(73)82)69-40-38-58(39-41-69)81-83-77-35-18-20-37-79(77)85(81)70-31-21-30-59(51-70)64-48-67(65-44-60(54-22-7-3-8-23-54)42-61(45-65)55-24-9-4-10-25-55)50-68(49-64)66-46-62(56-26-11-5-12-27-56)43-63(47-66)57-28-13-6-14-29-57/h3-5,7-13,15-53H,6,14H2,1-2H3. The molecule has 14 aromatic rings. The fraction of sp³-hybridized carbons (Fsp3) is 0.0610. The van der Waals surface area contributed by atoms with E-state index in [9.17, 15) is 0 Å². The van der Waals surface area contributed by atoms with Crippen LogP contribution in [-0.4, -0.2) is 14.1 Å². The average molecular weight is 1090 g/mol. The summed E-state index contributed by atoms with van der Waals surface area (Å²) in [7, 11) is 0. The van der Waals surface area contributed by atoms with Crippen molar-refractivity contribution in [3.05, 3.63) is 314 Å². The van der Waals surface area contributed by atoms with Crippen molar-refractivity contribution >= 4 is 38.4 Å². The van der Waals surface area contributed by atoms with Crippen LogP contribution in [0.15, 0.2) is 297 Å². The van der Waals surface area contributed by atoms with Crippen molar-refractivity contribution in [2.24, 2.45) is 0 Å². The second-order valence-corrected chi connectivity index (χ2v) is 23.4. The topological polar surface area (TPSA) is 22.8 Å². The summed E-state index contributed by atoms with van der Waals surface area (Å²) in [5.41, 5.74) is 29.4. The molecule has 0 saturated heterocycles. The van der Waals surface area contributed by atoms with Crippen LogP contribution in [0.4, 0.5) is 0 Å². The number of hydrogen-bond donors (Lipinski definition) is 0. The Morgan fingerprint density at radius 1 is 0.318 bits per heavy atom. The second-order valence-electron chi connectivity index (χ2n) is 23.4. The Morgan fingerprint density at radius 2 is 0.835 bits per heavy atom. The fourth-order valence-corrected chi connectivity index (χ4v) is 13.6. The molecule has 16 rings (SSSR count). The summed E-state index contributed by atoms with van der Waals surface area (Å²) in [4.78, 5) is 5.43. The minimum Gasteiger partial charge on any atom is -0.309 e. The molecule has 0 atom stereocenters. The molecule has 85 heavy (non-hydrogen) atoms. The first-order valence-corrected chi connectivity index (χ1v) is 29.7. The molecule has 0 amide bonds. The monoisotopic (exact) mass is 1090 g/mol. The van der Waals surface area contributed by atoms with Crippen molar-refractivity contribution in [2.75, 3.05) is 0 Å².